The Morgan fingerprint density at radius 2 is 2.03 bits per heavy atom. The lowest BCUT2D eigenvalue weighted by Gasteiger charge is -2.36. The molecule has 1 saturated heterocycles. The van der Waals surface area contributed by atoms with E-state index in [1.807, 2.05) is 60.6 Å². The van der Waals surface area contributed by atoms with Gasteiger partial charge >= 0.3 is 0 Å². The molecule has 0 aliphatic carbocycles. The molecule has 1 amide bonds. The molecule has 0 N–H and O–H groups in total. The minimum atomic E-state index is -0.0662. The maximum atomic E-state index is 13.3. The van der Waals surface area contributed by atoms with E-state index >= 15 is 0 Å². The van der Waals surface area contributed by atoms with E-state index in [4.69, 9.17) is 4.98 Å². The first-order chi connectivity index (χ1) is 14.0. The van der Waals surface area contributed by atoms with Crippen LogP contribution in [0.1, 0.15) is 46.2 Å². The molecule has 1 aliphatic rings. The van der Waals surface area contributed by atoms with Gasteiger partial charge in [0.25, 0.3) is 5.91 Å². The van der Waals surface area contributed by atoms with Crippen LogP contribution in [0.4, 0.5) is 5.95 Å². The zero-order chi connectivity index (χ0) is 20.4. The summed E-state index contributed by atoms with van der Waals surface area (Å²) in [6.45, 7) is 2.77. The molecule has 1 aliphatic heterocycles. The van der Waals surface area contributed by atoms with Crippen LogP contribution in [0, 0.1) is 6.92 Å². The molecule has 7 heteroatoms. The maximum Gasteiger partial charge on any atom is 0.264 e. The third kappa shape index (κ3) is 4.00. The average Bonchev–Trinajstić information content (AvgIpc) is 3.19. The highest BCUT2D eigenvalue weighted by Crippen LogP contribution is 2.37. The Morgan fingerprint density at radius 1 is 1.24 bits per heavy atom. The van der Waals surface area contributed by atoms with E-state index in [1.54, 1.807) is 12.4 Å². The topological polar surface area (TPSA) is 62.2 Å². The van der Waals surface area contributed by atoms with Crippen molar-refractivity contribution in [3.63, 3.8) is 0 Å². The van der Waals surface area contributed by atoms with Crippen molar-refractivity contribution in [3.8, 4) is 11.1 Å². The highest BCUT2D eigenvalue weighted by Gasteiger charge is 2.32. The summed E-state index contributed by atoms with van der Waals surface area (Å²) >= 11 is 1.52. The van der Waals surface area contributed by atoms with Gasteiger partial charge < -0.3 is 9.80 Å². The van der Waals surface area contributed by atoms with Crippen molar-refractivity contribution in [2.75, 3.05) is 25.5 Å². The molecule has 4 heterocycles. The van der Waals surface area contributed by atoms with Gasteiger partial charge in [-0.1, -0.05) is 0 Å². The van der Waals surface area contributed by atoms with E-state index in [2.05, 4.69) is 9.97 Å². The van der Waals surface area contributed by atoms with Gasteiger partial charge in [0.1, 0.15) is 0 Å². The quantitative estimate of drug-likeness (QED) is 0.644. The fourth-order valence-electron chi connectivity index (χ4n) is 3.75. The Balaban J connectivity index is 1.79. The van der Waals surface area contributed by atoms with Crippen molar-refractivity contribution in [3.05, 3.63) is 58.3 Å². The molecule has 0 radical (unpaired) electrons. The molecular formula is C22H25N5OS. The Labute approximate surface area is 175 Å². The lowest BCUT2D eigenvalue weighted by atomic mass is 9.94. The van der Waals surface area contributed by atoms with Crippen LogP contribution in [0.2, 0.25) is 0 Å². The summed E-state index contributed by atoms with van der Waals surface area (Å²) in [5.74, 6) is 0.751. The highest BCUT2D eigenvalue weighted by atomic mass is 32.1. The third-order valence-corrected chi connectivity index (χ3v) is 6.25. The number of hydrogen-bond donors (Lipinski definition) is 0. The van der Waals surface area contributed by atoms with Gasteiger partial charge in [-0.3, -0.25) is 9.78 Å². The fraction of sp³-hybridized carbons (Fsp3) is 0.364. The van der Waals surface area contributed by atoms with Crippen molar-refractivity contribution in [2.45, 2.75) is 32.2 Å². The lowest BCUT2D eigenvalue weighted by molar-refractivity contribution is 0.0612. The number of piperidine rings is 1. The Bertz CT molecular complexity index is 1000. The average molecular weight is 408 g/mol. The number of carbonyl (C=O) groups is 1. The lowest BCUT2D eigenvalue weighted by Crippen LogP contribution is -2.39. The third-order valence-electron chi connectivity index (χ3n) is 5.22. The maximum absolute atomic E-state index is 13.3. The summed E-state index contributed by atoms with van der Waals surface area (Å²) in [7, 11) is 3.87. The number of aromatic nitrogens is 3. The van der Waals surface area contributed by atoms with Gasteiger partial charge in [0.2, 0.25) is 5.95 Å². The van der Waals surface area contributed by atoms with Crippen LogP contribution >= 0.6 is 11.3 Å². The van der Waals surface area contributed by atoms with Crippen LogP contribution in [0.3, 0.4) is 0 Å². The number of rotatable bonds is 4. The van der Waals surface area contributed by atoms with Crippen LogP contribution < -0.4 is 4.90 Å². The Hall–Kier alpha value is -2.80. The monoisotopic (exact) mass is 407 g/mol. The predicted octanol–water partition coefficient (Wildman–Crippen LogP) is 4.34. The van der Waals surface area contributed by atoms with Gasteiger partial charge in [0.15, 0.2) is 0 Å². The summed E-state index contributed by atoms with van der Waals surface area (Å²) in [4.78, 5) is 31.6. The van der Waals surface area contributed by atoms with E-state index in [0.717, 1.165) is 53.1 Å². The molecule has 0 unspecified atom stereocenters. The summed E-state index contributed by atoms with van der Waals surface area (Å²) in [5.41, 5.74) is 4.02. The van der Waals surface area contributed by atoms with Crippen LogP contribution in [0.5, 0.6) is 0 Å². The fourth-order valence-corrected chi connectivity index (χ4v) is 4.61. The van der Waals surface area contributed by atoms with E-state index in [0.29, 0.717) is 5.95 Å². The molecule has 29 heavy (non-hydrogen) atoms. The van der Waals surface area contributed by atoms with Crippen molar-refractivity contribution >= 4 is 23.2 Å². The standard InChI is InChI=1S/C22H25N5OS/c1-15-12-19(29-14-15)21(28)27-11-5-4-6-18(27)20-17(16-7-9-23-10-8-16)13-24-22(25-20)26(2)3/h7-10,12-14,18H,4-6,11H2,1-3H3/t18-/m1/s1. The number of hydrogen-bond acceptors (Lipinski definition) is 6. The molecule has 1 atom stereocenters. The summed E-state index contributed by atoms with van der Waals surface area (Å²) in [6, 6.07) is 5.85. The summed E-state index contributed by atoms with van der Waals surface area (Å²) in [6.07, 6.45) is 8.42. The van der Waals surface area contributed by atoms with Crippen LogP contribution in [0.25, 0.3) is 11.1 Å². The first kappa shape index (κ1) is 19.5. The van der Waals surface area contributed by atoms with Gasteiger partial charge in [0.05, 0.1) is 16.6 Å². The second-order valence-corrected chi connectivity index (χ2v) is 8.51. The molecule has 0 saturated carbocycles. The zero-order valence-electron chi connectivity index (χ0n) is 17.0. The smallest absolute Gasteiger partial charge is 0.264 e. The molecule has 150 valence electrons. The van der Waals surface area contributed by atoms with Crippen molar-refractivity contribution < 1.29 is 4.79 Å². The second kappa shape index (κ2) is 8.29. The summed E-state index contributed by atoms with van der Waals surface area (Å²) in [5, 5.41) is 2.03. The molecule has 1 fully saturated rings. The van der Waals surface area contributed by atoms with Gasteiger partial charge in [-0.05, 0) is 60.9 Å². The largest absolute Gasteiger partial charge is 0.347 e. The number of thiophene rings is 1. The van der Waals surface area contributed by atoms with Crippen LogP contribution in [-0.4, -0.2) is 46.4 Å². The molecule has 3 aromatic heterocycles. The van der Waals surface area contributed by atoms with Crippen LogP contribution in [0.15, 0.2) is 42.2 Å². The molecule has 0 bridgehead atoms. The van der Waals surface area contributed by atoms with E-state index in [9.17, 15) is 4.79 Å². The molecule has 3 aromatic rings. The Morgan fingerprint density at radius 3 is 2.72 bits per heavy atom. The molecule has 4 rings (SSSR count). The van der Waals surface area contributed by atoms with Gasteiger partial charge in [-0.2, -0.15) is 0 Å². The number of likely N-dealkylation sites (tertiary alicyclic amines) is 1. The molecule has 6 nitrogen and oxygen atoms in total. The van der Waals surface area contributed by atoms with Gasteiger partial charge in [-0.25, -0.2) is 9.97 Å². The second-order valence-electron chi connectivity index (χ2n) is 7.60. The molecular weight excluding hydrogens is 382 g/mol. The zero-order valence-corrected chi connectivity index (χ0v) is 17.8. The van der Waals surface area contributed by atoms with Gasteiger partial charge in [-0.15, -0.1) is 11.3 Å². The van der Waals surface area contributed by atoms with Crippen LogP contribution in [-0.2, 0) is 0 Å². The van der Waals surface area contributed by atoms with Crippen molar-refractivity contribution in [1.29, 1.82) is 0 Å². The number of pyridine rings is 1. The number of anilines is 1. The molecule has 0 aromatic carbocycles. The number of amides is 1. The number of carbonyl (C=O) groups excluding carboxylic acids is 1. The minimum Gasteiger partial charge on any atom is -0.347 e. The Kier molecular flexibility index (Phi) is 5.58. The highest BCUT2D eigenvalue weighted by molar-refractivity contribution is 7.12. The van der Waals surface area contributed by atoms with E-state index < -0.39 is 0 Å². The normalized spacial score (nSPS) is 16.7. The van der Waals surface area contributed by atoms with E-state index in [-0.39, 0.29) is 11.9 Å². The molecule has 0 spiro atoms. The number of nitrogens with zero attached hydrogens (tertiary/aromatic N) is 5. The summed E-state index contributed by atoms with van der Waals surface area (Å²) < 4.78 is 0. The predicted molar refractivity (Wildman–Crippen MR) is 116 cm³/mol. The number of aryl methyl sites for hydroxylation is 1. The van der Waals surface area contributed by atoms with Crippen molar-refractivity contribution in [1.82, 2.24) is 19.9 Å². The first-order valence-electron chi connectivity index (χ1n) is 9.85. The van der Waals surface area contributed by atoms with E-state index in [1.165, 1.54) is 11.3 Å². The van der Waals surface area contributed by atoms with Crippen molar-refractivity contribution in [2.24, 2.45) is 0 Å². The minimum absolute atomic E-state index is 0.0662. The van der Waals surface area contributed by atoms with Gasteiger partial charge in [0, 0.05) is 44.8 Å². The first-order valence-corrected chi connectivity index (χ1v) is 10.7. The SMILES string of the molecule is Cc1csc(C(=O)N2CCCC[C@@H]2c2nc(N(C)C)ncc2-c2ccncc2)c1.